The lowest BCUT2D eigenvalue weighted by Crippen LogP contribution is -2.43. The number of nitrogens with zero attached hydrogens (tertiary/aromatic N) is 1. The molecule has 4 rings (SSSR count). The number of anilines is 1. The predicted octanol–water partition coefficient (Wildman–Crippen LogP) is 2.33. The largest absolute Gasteiger partial charge is 0.333 e. The summed E-state index contributed by atoms with van der Waals surface area (Å²) in [6.07, 6.45) is 8.71. The molecule has 1 fully saturated rings. The second-order valence-electron chi connectivity index (χ2n) is 7.50. The molecule has 140 valence electrons. The number of rotatable bonds is 4. The summed E-state index contributed by atoms with van der Waals surface area (Å²) in [5.41, 5.74) is 5.83. The van der Waals surface area contributed by atoms with Crippen molar-refractivity contribution in [2.24, 2.45) is 0 Å². The Bertz CT molecular complexity index is 844. The number of benzene rings is 1. The van der Waals surface area contributed by atoms with Crippen LogP contribution in [-0.4, -0.2) is 39.0 Å². The average molecular weight is 375 g/mol. The predicted molar refractivity (Wildman–Crippen MR) is 102 cm³/mol. The molecular formula is C19H25N3O3S. The van der Waals surface area contributed by atoms with Gasteiger partial charge in [-0.1, -0.05) is 12.1 Å². The minimum Gasteiger partial charge on any atom is -0.307 e. The van der Waals surface area contributed by atoms with Crippen LogP contribution in [-0.2, 0) is 35.7 Å². The molecule has 0 radical (unpaired) electrons. The number of likely N-dealkylation sites (N-methyl/N-ethyl adjacent to an activating group) is 1. The molecule has 1 aromatic rings. The normalized spacial score (nSPS) is 22.1. The van der Waals surface area contributed by atoms with Crippen molar-refractivity contribution in [3.05, 3.63) is 39.8 Å². The number of amides is 2. The number of sulfonamides is 1. The fourth-order valence-electron chi connectivity index (χ4n) is 4.24. The molecule has 1 unspecified atom stereocenters. The van der Waals surface area contributed by atoms with Crippen LogP contribution in [0.25, 0.3) is 0 Å². The lowest BCUT2D eigenvalue weighted by Gasteiger charge is -2.35. The first-order chi connectivity index (χ1) is 12.4. The van der Waals surface area contributed by atoms with Gasteiger partial charge in [-0.2, -0.15) is 0 Å². The highest BCUT2D eigenvalue weighted by Crippen LogP contribution is 2.38. The molecule has 26 heavy (non-hydrogen) atoms. The van der Waals surface area contributed by atoms with Crippen LogP contribution in [0.1, 0.15) is 41.5 Å². The van der Waals surface area contributed by atoms with Crippen molar-refractivity contribution in [3.8, 4) is 0 Å². The fourth-order valence-corrected chi connectivity index (χ4v) is 5.01. The molecule has 1 aliphatic heterocycles. The van der Waals surface area contributed by atoms with Gasteiger partial charge in [-0.05, 0) is 74.2 Å². The SMILES string of the molecule is CN1CCC1/C=C/S(=O)(=O)NC(=O)Nc1c2c(cc3c1CCC3)CCC2. The Morgan fingerprint density at radius 3 is 2.35 bits per heavy atom. The third kappa shape index (κ3) is 3.38. The zero-order valence-electron chi connectivity index (χ0n) is 15.0. The van der Waals surface area contributed by atoms with Crippen molar-refractivity contribution >= 4 is 21.7 Å². The molecule has 1 aromatic carbocycles. The van der Waals surface area contributed by atoms with Crippen molar-refractivity contribution in [2.75, 3.05) is 18.9 Å². The number of nitrogens with one attached hydrogen (secondary N) is 2. The van der Waals surface area contributed by atoms with Crippen molar-refractivity contribution in [2.45, 2.75) is 51.0 Å². The van der Waals surface area contributed by atoms with E-state index < -0.39 is 16.1 Å². The fraction of sp³-hybridized carbons (Fsp3) is 0.526. The van der Waals surface area contributed by atoms with E-state index in [9.17, 15) is 13.2 Å². The zero-order chi connectivity index (χ0) is 18.3. The van der Waals surface area contributed by atoms with Crippen molar-refractivity contribution in [3.63, 3.8) is 0 Å². The standard InChI is InChI=1S/C19H25N3O3S/c1-22-10-8-15(22)9-11-26(24,25)21-19(23)20-18-16-6-2-4-13(16)12-14-5-3-7-17(14)18/h9,11-12,15H,2-8,10H2,1H3,(H2,20,21,23)/b11-9+. The molecule has 1 atom stereocenters. The second kappa shape index (κ2) is 6.70. The van der Waals surface area contributed by atoms with Gasteiger partial charge in [0.25, 0.3) is 10.0 Å². The lowest BCUT2D eigenvalue weighted by molar-refractivity contribution is 0.166. The van der Waals surface area contributed by atoms with E-state index in [1.54, 1.807) is 6.08 Å². The van der Waals surface area contributed by atoms with E-state index >= 15 is 0 Å². The summed E-state index contributed by atoms with van der Waals surface area (Å²) in [5.74, 6) is 0. The Morgan fingerprint density at radius 1 is 1.15 bits per heavy atom. The van der Waals surface area contributed by atoms with E-state index in [-0.39, 0.29) is 6.04 Å². The summed E-state index contributed by atoms with van der Waals surface area (Å²) in [7, 11) is -1.85. The number of hydrogen-bond donors (Lipinski definition) is 2. The number of fused-ring (bicyclic) bond motifs is 2. The van der Waals surface area contributed by atoms with E-state index in [0.717, 1.165) is 62.6 Å². The molecule has 3 aliphatic rings. The van der Waals surface area contributed by atoms with Crippen LogP contribution in [0.4, 0.5) is 10.5 Å². The quantitative estimate of drug-likeness (QED) is 0.847. The van der Waals surface area contributed by atoms with Gasteiger partial charge in [0.05, 0.1) is 0 Å². The molecule has 6 nitrogen and oxygen atoms in total. The summed E-state index contributed by atoms with van der Waals surface area (Å²) in [5, 5.41) is 3.95. The van der Waals surface area contributed by atoms with Gasteiger partial charge in [0.2, 0.25) is 0 Å². The molecule has 2 N–H and O–H groups in total. The summed E-state index contributed by atoms with van der Waals surface area (Å²) < 4.78 is 26.5. The Kier molecular flexibility index (Phi) is 4.52. The van der Waals surface area contributed by atoms with Gasteiger partial charge in [-0.15, -0.1) is 0 Å². The number of likely N-dealkylation sites (tertiary alicyclic amines) is 1. The van der Waals surface area contributed by atoms with E-state index in [1.165, 1.54) is 22.3 Å². The molecule has 7 heteroatoms. The van der Waals surface area contributed by atoms with Crippen LogP contribution in [0.2, 0.25) is 0 Å². The van der Waals surface area contributed by atoms with Crippen LogP contribution >= 0.6 is 0 Å². The van der Waals surface area contributed by atoms with Crippen molar-refractivity contribution in [1.29, 1.82) is 0 Å². The highest BCUT2D eigenvalue weighted by molar-refractivity contribution is 7.92. The van der Waals surface area contributed by atoms with Gasteiger partial charge in [-0.25, -0.2) is 17.9 Å². The van der Waals surface area contributed by atoms with E-state index in [1.807, 2.05) is 7.05 Å². The van der Waals surface area contributed by atoms with Crippen molar-refractivity contribution < 1.29 is 13.2 Å². The molecule has 0 bridgehead atoms. The van der Waals surface area contributed by atoms with E-state index in [0.29, 0.717) is 0 Å². The maximum absolute atomic E-state index is 12.4. The second-order valence-corrected chi connectivity index (χ2v) is 9.07. The van der Waals surface area contributed by atoms with Gasteiger partial charge in [0, 0.05) is 23.7 Å². The van der Waals surface area contributed by atoms with E-state index in [2.05, 4.69) is 21.0 Å². The van der Waals surface area contributed by atoms with Crippen LogP contribution in [0, 0.1) is 0 Å². The first-order valence-electron chi connectivity index (χ1n) is 9.32. The average Bonchev–Trinajstić information content (AvgIpc) is 3.21. The number of aryl methyl sites for hydroxylation is 2. The summed E-state index contributed by atoms with van der Waals surface area (Å²) >= 11 is 0. The summed E-state index contributed by atoms with van der Waals surface area (Å²) in [6.45, 7) is 0.965. The van der Waals surface area contributed by atoms with Gasteiger partial charge >= 0.3 is 6.03 Å². The molecule has 0 spiro atoms. The van der Waals surface area contributed by atoms with Crippen LogP contribution in [0.5, 0.6) is 0 Å². The van der Waals surface area contributed by atoms with Gasteiger partial charge in [0.15, 0.2) is 0 Å². The minimum atomic E-state index is -3.79. The summed E-state index contributed by atoms with van der Waals surface area (Å²) in [6, 6.07) is 1.74. The number of carbonyl (C=O) groups is 1. The Balaban J connectivity index is 1.49. The van der Waals surface area contributed by atoms with Crippen molar-refractivity contribution in [1.82, 2.24) is 9.62 Å². The maximum atomic E-state index is 12.4. The molecule has 2 aliphatic carbocycles. The monoisotopic (exact) mass is 375 g/mol. The van der Waals surface area contributed by atoms with Gasteiger partial charge in [-0.3, -0.25) is 4.90 Å². The van der Waals surface area contributed by atoms with Gasteiger partial charge < -0.3 is 5.32 Å². The highest BCUT2D eigenvalue weighted by atomic mass is 32.2. The van der Waals surface area contributed by atoms with Crippen LogP contribution < -0.4 is 10.0 Å². The molecule has 2 amide bonds. The number of carbonyl (C=O) groups excluding carboxylic acids is 1. The number of urea groups is 1. The third-order valence-corrected chi connectivity index (χ3v) is 6.76. The summed E-state index contributed by atoms with van der Waals surface area (Å²) in [4.78, 5) is 14.4. The van der Waals surface area contributed by atoms with Gasteiger partial charge in [0.1, 0.15) is 0 Å². The molecule has 0 aromatic heterocycles. The lowest BCUT2D eigenvalue weighted by atomic mass is 9.99. The minimum absolute atomic E-state index is 0.135. The molecular weight excluding hydrogens is 350 g/mol. The molecule has 1 saturated heterocycles. The Labute approximate surface area is 154 Å². The molecule has 0 saturated carbocycles. The molecule has 1 heterocycles. The Morgan fingerprint density at radius 2 is 1.81 bits per heavy atom. The Hall–Kier alpha value is -1.86. The first kappa shape index (κ1) is 17.5. The van der Waals surface area contributed by atoms with E-state index in [4.69, 9.17) is 0 Å². The third-order valence-electron chi connectivity index (χ3n) is 5.77. The first-order valence-corrected chi connectivity index (χ1v) is 10.9. The highest BCUT2D eigenvalue weighted by Gasteiger charge is 2.26. The smallest absolute Gasteiger partial charge is 0.307 e. The number of hydrogen-bond acceptors (Lipinski definition) is 4. The maximum Gasteiger partial charge on any atom is 0.333 e. The van der Waals surface area contributed by atoms with Crippen LogP contribution in [0.15, 0.2) is 17.6 Å². The van der Waals surface area contributed by atoms with Crippen LogP contribution in [0.3, 0.4) is 0 Å². The zero-order valence-corrected chi connectivity index (χ0v) is 15.9. The topological polar surface area (TPSA) is 78.5 Å².